The van der Waals surface area contributed by atoms with Crippen molar-refractivity contribution in [3.05, 3.63) is 33.1 Å². The van der Waals surface area contributed by atoms with E-state index in [1.54, 1.807) is 0 Å². The van der Waals surface area contributed by atoms with E-state index < -0.39 is 35.5 Å². The number of nitrogens with zero attached hydrogens (tertiary/aromatic N) is 1. The molecule has 0 amide bonds. The van der Waals surface area contributed by atoms with Gasteiger partial charge in [0.25, 0.3) is 5.56 Å². The number of aromatic amines is 1. The number of Topliss-reactive ketones (excluding diaryl/α,β-unsaturated/α-hetero) is 1. The Morgan fingerprint density at radius 3 is 2.68 bits per heavy atom. The summed E-state index contributed by atoms with van der Waals surface area (Å²) in [4.78, 5) is 36.8. The van der Waals surface area contributed by atoms with Gasteiger partial charge in [0.15, 0.2) is 0 Å². The lowest BCUT2D eigenvalue weighted by Crippen LogP contribution is -2.35. The van der Waals surface area contributed by atoms with Crippen molar-refractivity contribution in [2.24, 2.45) is 0 Å². The minimum absolute atomic E-state index is 0.166. The third kappa shape index (κ3) is 2.50. The number of ether oxygens (including phenoxy) is 3. The maximum Gasteiger partial charge on any atom is 0.330 e. The van der Waals surface area contributed by atoms with Crippen molar-refractivity contribution in [3.63, 3.8) is 0 Å². The maximum atomic E-state index is 12.1. The van der Waals surface area contributed by atoms with Gasteiger partial charge in [-0.15, -0.1) is 0 Å². The van der Waals surface area contributed by atoms with Crippen molar-refractivity contribution in [1.29, 1.82) is 0 Å². The van der Waals surface area contributed by atoms with Gasteiger partial charge in [0.2, 0.25) is 12.0 Å². The summed E-state index contributed by atoms with van der Waals surface area (Å²) in [7, 11) is 2.85. The summed E-state index contributed by atoms with van der Waals surface area (Å²) < 4.78 is 16.5. The minimum atomic E-state index is -1.12. The second-order valence-corrected chi connectivity index (χ2v) is 4.06. The molecular weight excluding hydrogens is 256 g/mol. The van der Waals surface area contributed by atoms with Crippen molar-refractivity contribution in [1.82, 2.24) is 9.55 Å². The molecule has 0 bridgehead atoms. The molecule has 0 radical (unpaired) electrons. The molecule has 1 aliphatic rings. The zero-order valence-electron chi connectivity index (χ0n) is 10.5. The Labute approximate surface area is 107 Å². The SMILES string of the molecule is COC[C@H]1O[C@@H](n2ccc(=O)[nH]c2=O)C(=O)[C@@H]1OC. The number of hydrogen-bond acceptors (Lipinski definition) is 6. The van der Waals surface area contributed by atoms with E-state index in [1.807, 2.05) is 0 Å². The number of carbonyl (C=O) groups excluding carboxylic acids is 1. The Morgan fingerprint density at radius 1 is 1.37 bits per heavy atom. The van der Waals surface area contributed by atoms with Gasteiger partial charge >= 0.3 is 5.69 Å². The average molecular weight is 270 g/mol. The predicted octanol–water partition coefficient (Wildman–Crippen LogP) is -1.34. The van der Waals surface area contributed by atoms with Crippen LogP contribution < -0.4 is 11.2 Å². The molecule has 1 fully saturated rings. The molecule has 0 spiro atoms. The zero-order valence-corrected chi connectivity index (χ0v) is 10.5. The molecule has 1 aromatic rings. The molecule has 1 saturated heterocycles. The summed E-state index contributed by atoms with van der Waals surface area (Å²) in [6, 6.07) is 1.14. The normalized spacial score (nSPS) is 26.8. The molecule has 3 atom stereocenters. The molecule has 19 heavy (non-hydrogen) atoms. The summed E-state index contributed by atoms with van der Waals surface area (Å²) in [5.74, 6) is -0.390. The van der Waals surface area contributed by atoms with Crippen molar-refractivity contribution >= 4 is 5.78 Å². The fourth-order valence-corrected chi connectivity index (χ4v) is 2.00. The molecule has 1 N–H and O–H groups in total. The Hall–Kier alpha value is -1.77. The highest BCUT2D eigenvalue weighted by atomic mass is 16.6. The van der Waals surface area contributed by atoms with Gasteiger partial charge in [-0.05, 0) is 0 Å². The van der Waals surface area contributed by atoms with E-state index in [0.29, 0.717) is 0 Å². The first-order chi connectivity index (χ1) is 9.08. The second-order valence-electron chi connectivity index (χ2n) is 4.06. The Bertz CT molecular complexity index is 577. The summed E-state index contributed by atoms with van der Waals surface area (Å²) in [6.45, 7) is 0.166. The molecule has 0 aromatic carbocycles. The Kier molecular flexibility index (Phi) is 3.93. The molecular formula is C11H14N2O6. The van der Waals surface area contributed by atoms with Gasteiger partial charge in [0.05, 0.1) is 6.61 Å². The zero-order chi connectivity index (χ0) is 14.0. The van der Waals surface area contributed by atoms with Crippen LogP contribution in [0.1, 0.15) is 6.23 Å². The van der Waals surface area contributed by atoms with Gasteiger partial charge in [0, 0.05) is 26.5 Å². The number of carbonyl (C=O) groups is 1. The van der Waals surface area contributed by atoms with E-state index in [9.17, 15) is 14.4 Å². The van der Waals surface area contributed by atoms with Crippen LogP contribution in [0.25, 0.3) is 0 Å². The monoisotopic (exact) mass is 270 g/mol. The molecule has 1 aliphatic heterocycles. The van der Waals surface area contributed by atoms with Gasteiger partial charge in [0.1, 0.15) is 12.2 Å². The quantitative estimate of drug-likeness (QED) is 0.727. The Balaban J connectivity index is 2.33. The fourth-order valence-electron chi connectivity index (χ4n) is 2.00. The number of methoxy groups -OCH3 is 2. The molecule has 8 heteroatoms. The molecule has 2 heterocycles. The standard InChI is InChI=1S/C11H14N2O6/c1-17-5-6-9(18-2)8(15)10(19-6)13-4-3-7(14)12-11(13)16/h3-4,6,9-10H,5H2,1-2H3,(H,12,14,16)/t6-,9-,10-/m1/s1. The number of hydrogen-bond donors (Lipinski definition) is 1. The summed E-state index contributed by atoms with van der Waals surface area (Å²) in [6.07, 6.45) is -1.30. The Morgan fingerprint density at radius 2 is 2.11 bits per heavy atom. The molecule has 8 nitrogen and oxygen atoms in total. The predicted molar refractivity (Wildman–Crippen MR) is 62.9 cm³/mol. The van der Waals surface area contributed by atoms with Crippen molar-refractivity contribution in [2.45, 2.75) is 18.4 Å². The average Bonchev–Trinajstić information content (AvgIpc) is 2.66. The number of H-pyrrole nitrogens is 1. The lowest BCUT2D eigenvalue weighted by Gasteiger charge is -2.14. The molecule has 104 valence electrons. The van der Waals surface area contributed by atoms with Crippen LogP contribution in [0.15, 0.2) is 21.9 Å². The van der Waals surface area contributed by atoms with Crippen LogP contribution in [0.2, 0.25) is 0 Å². The van der Waals surface area contributed by atoms with E-state index in [-0.39, 0.29) is 6.61 Å². The summed E-state index contributed by atoms with van der Waals surface area (Å²) >= 11 is 0. The summed E-state index contributed by atoms with van der Waals surface area (Å²) in [5.41, 5.74) is -1.25. The number of nitrogens with one attached hydrogen (secondary N) is 1. The number of ketones is 1. The molecule has 2 rings (SSSR count). The van der Waals surface area contributed by atoms with Gasteiger partial charge in [-0.3, -0.25) is 19.1 Å². The van der Waals surface area contributed by atoms with Crippen LogP contribution in [0.4, 0.5) is 0 Å². The highest BCUT2D eigenvalue weighted by Gasteiger charge is 2.45. The van der Waals surface area contributed by atoms with E-state index in [2.05, 4.69) is 4.98 Å². The highest BCUT2D eigenvalue weighted by Crippen LogP contribution is 2.26. The lowest BCUT2D eigenvalue weighted by atomic mass is 10.1. The maximum absolute atomic E-state index is 12.1. The van der Waals surface area contributed by atoms with Crippen LogP contribution in [-0.4, -0.2) is 48.4 Å². The second kappa shape index (κ2) is 5.47. The smallest absolute Gasteiger partial charge is 0.330 e. The number of rotatable bonds is 4. The van der Waals surface area contributed by atoms with E-state index in [0.717, 1.165) is 10.6 Å². The third-order valence-electron chi connectivity index (χ3n) is 2.85. The molecule has 1 aromatic heterocycles. The van der Waals surface area contributed by atoms with Crippen LogP contribution in [-0.2, 0) is 19.0 Å². The molecule has 0 aliphatic carbocycles. The topological polar surface area (TPSA) is 99.6 Å². The number of aromatic nitrogens is 2. The fraction of sp³-hybridized carbons (Fsp3) is 0.545. The van der Waals surface area contributed by atoms with Gasteiger partial charge in [-0.2, -0.15) is 0 Å². The lowest BCUT2D eigenvalue weighted by molar-refractivity contribution is -0.131. The van der Waals surface area contributed by atoms with Crippen molar-refractivity contribution in [2.75, 3.05) is 20.8 Å². The van der Waals surface area contributed by atoms with Crippen LogP contribution in [0.5, 0.6) is 0 Å². The molecule has 0 unspecified atom stereocenters. The van der Waals surface area contributed by atoms with E-state index >= 15 is 0 Å². The first kappa shape index (κ1) is 13.7. The van der Waals surface area contributed by atoms with Gasteiger partial charge in [-0.25, -0.2) is 4.79 Å². The first-order valence-electron chi connectivity index (χ1n) is 5.61. The van der Waals surface area contributed by atoms with Gasteiger partial charge < -0.3 is 14.2 Å². The van der Waals surface area contributed by atoms with Crippen LogP contribution >= 0.6 is 0 Å². The minimum Gasteiger partial charge on any atom is -0.382 e. The van der Waals surface area contributed by atoms with Crippen molar-refractivity contribution < 1.29 is 19.0 Å². The van der Waals surface area contributed by atoms with E-state index in [4.69, 9.17) is 14.2 Å². The third-order valence-corrected chi connectivity index (χ3v) is 2.85. The summed E-state index contributed by atoms with van der Waals surface area (Å²) in [5, 5.41) is 0. The van der Waals surface area contributed by atoms with Crippen LogP contribution in [0.3, 0.4) is 0 Å². The van der Waals surface area contributed by atoms with Gasteiger partial charge in [-0.1, -0.05) is 0 Å². The van der Waals surface area contributed by atoms with E-state index in [1.165, 1.54) is 20.4 Å². The highest BCUT2D eigenvalue weighted by molar-refractivity contribution is 5.88. The molecule has 0 saturated carbocycles. The van der Waals surface area contributed by atoms with Crippen molar-refractivity contribution in [3.8, 4) is 0 Å². The van der Waals surface area contributed by atoms with Crippen LogP contribution in [0, 0.1) is 0 Å². The first-order valence-corrected chi connectivity index (χ1v) is 5.61. The largest absolute Gasteiger partial charge is 0.382 e.